The molecule has 2 heterocycles. The van der Waals surface area contributed by atoms with E-state index in [-0.39, 0.29) is 6.10 Å². The number of nitrogens with zero attached hydrogens (tertiary/aromatic N) is 2. The SMILES string of the molecule is Cc1ccc2nc3n(c2c1)CC[C@H]3O. The van der Waals surface area contributed by atoms with E-state index in [1.54, 1.807) is 0 Å². The van der Waals surface area contributed by atoms with Gasteiger partial charge >= 0.3 is 0 Å². The van der Waals surface area contributed by atoms with Crippen LogP contribution >= 0.6 is 0 Å². The van der Waals surface area contributed by atoms with Crippen LogP contribution < -0.4 is 0 Å². The van der Waals surface area contributed by atoms with Crippen molar-refractivity contribution in [1.82, 2.24) is 9.55 Å². The molecule has 1 aliphatic heterocycles. The summed E-state index contributed by atoms with van der Waals surface area (Å²) in [6.45, 7) is 2.96. The molecular formula is C11H12N2O. The van der Waals surface area contributed by atoms with Crippen LogP contribution in [0.3, 0.4) is 0 Å². The van der Waals surface area contributed by atoms with Gasteiger partial charge in [0.05, 0.1) is 11.0 Å². The first-order valence-electron chi connectivity index (χ1n) is 4.90. The maximum Gasteiger partial charge on any atom is 0.138 e. The number of aliphatic hydroxyl groups is 1. The predicted octanol–water partition coefficient (Wildman–Crippen LogP) is 1.78. The van der Waals surface area contributed by atoms with Crippen LogP contribution in [0.15, 0.2) is 18.2 Å². The van der Waals surface area contributed by atoms with Crippen molar-refractivity contribution >= 4 is 11.0 Å². The molecule has 3 rings (SSSR count). The van der Waals surface area contributed by atoms with E-state index >= 15 is 0 Å². The zero-order valence-electron chi connectivity index (χ0n) is 8.07. The Balaban J connectivity index is 2.36. The molecule has 1 aliphatic rings. The summed E-state index contributed by atoms with van der Waals surface area (Å²) in [6.07, 6.45) is 0.425. The third kappa shape index (κ3) is 0.930. The number of fused-ring (bicyclic) bond motifs is 3. The number of rotatable bonds is 0. The molecule has 2 aromatic rings. The molecular weight excluding hydrogens is 176 g/mol. The van der Waals surface area contributed by atoms with Crippen molar-refractivity contribution in [2.75, 3.05) is 0 Å². The number of aromatic nitrogens is 2. The highest BCUT2D eigenvalue weighted by Crippen LogP contribution is 2.29. The molecule has 0 aliphatic carbocycles. The van der Waals surface area contributed by atoms with Crippen LogP contribution in [0, 0.1) is 6.92 Å². The molecule has 1 aromatic carbocycles. The lowest BCUT2D eigenvalue weighted by Crippen LogP contribution is -1.93. The van der Waals surface area contributed by atoms with Crippen LogP contribution in [0.4, 0.5) is 0 Å². The maximum atomic E-state index is 9.67. The molecule has 0 bridgehead atoms. The Bertz CT molecular complexity index is 501. The fraction of sp³-hybridized carbons (Fsp3) is 0.364. The molecule has 3 nitrogen and oxygen atoms in total. The van der Waals surface area contributed by atoms with Gasteiger partial charge in [0, 0.05) is 6.54 Å². The van der Waals surface area contributed by atoms with E-state index < -0.39 is 0 Å². The van der Waals surface area contributed by atoms with Gasteiger partial charge in [0.1, 0.15) is 11.9 Å². The van der Waals surface area contributed by atoms with E-state index in [1.165, 1.54) is 5.56 Å². The molecule has 72 valence electrons. The Morgan fingerprint density at radius 3 is 3.21 bits per heavy atom. The second-order valence-corrected chi connectivity index (χ2v) is 3.92. The Labute approximate surface area is 82.0 Å². The normalized spacial score (nSPS) is 20.3. The van der Waals surface area contributed by atoms with Gasteiger partial charge in [-0.05, 0) is 31.0 Å². The van der Waals surface area contributed by atoms with Gasteiger partial charge < -0.3 is 9.67 Å². The van der Waals surface area contributed by atoms with Crippen molar-refractivity contribution < 1.29 is 5.11 Å². The summed E-state index contributed by atoms with van der Waals surface area (Å²) < 4.78 is 2.12. The van der Waals surface area contributed by atoms with Crippen molar-refractivity contribution in [3.05, 3.63) is 29.6 Å². The largest absolute Gasteiger partial charge is 0.385 e. The molecule has 1 aromatic heterocycles. The molecule has 14 heavy (non-hydrogen) atoms. The smallest absolute Gasteiger partial charge is 0.138 e. The van der Waals surface area contributed by atoms with Crippen molar-refractivity contribution in [3.8, 4) is 0 Å². The van der Waals surface area contributed by atoms with Crippen molar-refractivity contribution in [3.63, 3.8) is 0 Å². The van der Waals surface area contributed by atoms with E-state index in [4.69, 9.17) is 0 Å². The molecule has 1 N–H and O–H groups in total. The zero-order chi connectivity index (χ0) is 9.71. The van der Waals surface area contributed by atoms with Crippen LogP contribution in [-0.4, -0.2) is 14.7 Å². The minimum absolute atomic E-state index is 0.372. The zero-order valence-corrected chi connectivity index (χ0v) is 8.07. The standard InChI is InChI=1S/C11H12N2O/c1-7-2-3-8-9(6-7)13-5-4-10(14)11(13)12-8/h2-3,6,10,14H,4-5H2,1H3/t10-/m1/s1. The minimum Gasteiger partial charge on any atom is -0.385 e. The van der Waals surface area contributed by atoms with Gasteiger partial charge in [0.2, 0.25) is 0 Å². The second kappa shape index (κ2) is 2.58. The third-order valence-electron chi connectivity index (χ3n) is 2.86. The summed E-state index contributed by atoms with van der Waals surface area (Å²) in [5.41, 5.74) is 3.38. The number of hydrogen-bond acceptors (Lipinski definition) is 2. The predicted molar refractivity (Wildman–Crippen MR) is 54.0 cm³/mol. The number of hydrogen-bond donors (Lipinski definition) is 1. The lowest BCUT2D eigenvalue weighted by Gasteiger charge is -1.98. The van der Waals surface area contributed by atoms with Gasteiger partial charge in [-0.25, -0.2) is 4.98 Å². The van der Waals surface area contributed by atoms with Gasteiger partial charge in [-0.15, -0.1) is 0 Å². The molecule has 0 radical (unpaired) electrons. The van der Waals surface area contributed by atoms with E-state index in [0.717, 1.165) is 29.8 Å². The summed E-state index contributed by atoms with van der Waals surface area (Å²) in [7, 11) is 0. The molecule has 0 saturated carbocycles. The highest BCUT2D eigenvalue weighted by molar-refractivity contribution is 5.77. The quantitative estimate of drug-likeness (QED) is 0.684. The number of aryl methyl sites for hydroxylation is 2. The van der Waals surface area contributed by atoms with Gasteiger partial charge in [-0.1, -0.05) is 6.07 Å². The summed E-state index contributed by atoms with van der Waals surface area (Å²) in [6, 6.07) is 6.20. The van der Waals surface area contributed by atoms with Crippen molar-refractivity contribution in [2.24, 2.45) is 0 Å². The Kier molecular flexibility index (Phi) is 1.47. The van der Waals surface area contributed by atoms with E-state index in [1.807, 2.05) is 6.07 Å². The molecule has 0 fully saturated rings. The highest BCUT2D eigenvalue weighted by atomic mass is 16.3. The first-order valence-corrected chi connectivity index (χ1v) is 4.90. The molecule has 0 saturated heterocycles. The molecule has 1 atom stereocenters. The summed E-state index contributed by atoms with van der Waals surface area (Å²) in [4.78, 5) is 4.43. The summed E-state index contributed by atoms with van der Waals surface area (Å²) in [5.74, 6) is 0.825. The monoisotopic (exact) mass is 188 g/mol. The Morgan fingerprint density at radius 2 is 2.36 bits per heavy atom. The Hall–Kier alpha value is -1.35. The third-order valence-corrected chi connectivity index (χ3v) is 2.86. The fourth-order valence-corrected chi connectivity index (χ4v) is 2.12. The molecule has 0 unspecified atom stereocenters. The molecule has 0 spiro atoms. The summed E-state index contributed by atoms with van der Waals surface area (Å²) in [5, 5.41) is 9.67. The lowest BCUT2D eigenvalue weighted by atomic mass is 10.2. The average molecular weight is 188 g/mol. The van der Waals surface area contributed by atoms with Gasteiger partial charge in [-0.3, -0.25) is 0 Å². The molecule has 3 heteroatoms. The fourth-order valence-electron chi connectivity index (χ4n) is 2.12. The van der Waals surface area contributed by atoms with E-state index in [0.29, 0.717) is 0 Å². The average Bonchev–Trinajstić information content (AvgIpc) is 2.67. The number of aliphatic hydroxyl groups excluding tert-OH is 1. The maximum absolute atomic E-state index is 9.67. The second-order valence-electron chi connectivity index (χ2n) is 3.92. The molecule has 0 amide bonds. The first-order chi connectivity index (χ1) is 6.75. The van der Waals surface area contributed by atoms with Crippen molar-refractivity contribution in [2.45, 2.75) is 26.0 Å². The highest BCUT2D eigenvalue weighted by Gasteiger charge is 2.24. The summed E-state index contributed by atoms with van der Waals surface area (Å²) >= 11 is 0. The van der Waals surface area contributed by atoms with Crippen LogP contribution in [0.1, 0.15) is 23.9 Å². The number of imidazole rings is 1. The van der Waals surface area contributed by atoms with Gasteiger partial charge in [0.15, 0.2) is 0 Å². The van der Waals surface area contributed by atoms with E-state index in [2.05, 4.69) is 28.6 Å². The lowest BCUT2D eigenvalue weighted by molar-refractivity contribution is 0.176. The number of benzene rings is 1. The van der Waals surface area contributed by atoms with Gasteiger partial charge in [0.25, 0.3) is 0 Å². The first kappa shape index (κ1) is 8.00. The topological polar surface area (TPSA) is 38.0 Å². The van der Waals surface area contributed by atoms with Crippen molar-refractivity contribution in [1.29, 1.82) is 0 Å². The van der Waals surface area contributed by atoms with Gasteiger partial charge in [-0.2, -0.15) is 0 Å². The van der Waals surface area contributed by atoms with E-state index in [9.17, 15) is 5.11 Å². The van der Waals surface area contributed by atoms with Crippen LogP contribution in [0.5, 0.6) is 0 Å². The van der Waals surface area contributed by atoms with Crippen LogP contribution in [0.2, 0.25) is 0 Å². The van der Waals surface area contributed by atoms with Crippen LogP contribution in [0.25, 0.3) is 11.0 Å². The van der Waals surface area contributed by atoms with Crippen LogP contribution in [-0.2, 0) is 6.54 Å². The minimum atomic E-state index is -0.372. The Morgan fingerprint density at radius 1 is 1.50 bits per heavy atom.